The van der Waals surface area contributed by atoms with Crippen molar-refractivity contribution in [1.29, 1.82) is 0 Å². The number of rotatable bonds is 7. The molecule has 2 aromatic carbocycles. The van der Waals surface area contributed by atoms with Gasteiger partial charge in [-0.3, -0.25) is 10.1 Å². The van der Waals surface area contributed by atoms with Gasteiger partial charge in [0.25, 0.3) is 5.69 Å². The molecule has 0 aliphatic rings. The summed E-state index contributed by atoms with van der Waals surface area (Å²) in [4.78, 5) is 21.8. The average molecular weight is 403 g/mol. The molecule has 8 nitrogen and oxygen atoms in total. The molecule has 0 aliphatic heterocycles. The van der Waals surface area contributed by atoms with Crippen LogP contribution >= 0.6 is 0 Å². The highest BCUT2D eigenvalue weighted by atomic mass is 32.2. The standard InChI is InChI=1S/C19H17NO7S/c1-2-3-14-10-19(21)26-18-11-16(8-9-17(14)18)27-28(24,25)12-13-4-6-15(7-5-13)20(22)23/h4-11H,2-3,12H2,1H3. The first-order valence-electron chi connectivity index (χ1n) is 8.49. The van der Waals surface area contributed by atoms with Crippen molar-refractivity contribution in [2.45, 2.75) is 25.5 Å². The van der Waals surface area contributed by atoms with E-state index in [1.54, 1.807) is 6.07 Å². The molecule has 0 fully saturated rings. The van der Waals surface area contributed by atoms with Crippen molar-refractivity contribution in [3.8, 4) is 5.75 Å². The maximum absolute atomic E-state index is 12.3. The Morgan fingerprint density at radius 2 is 1.82 bits per heavy atom. The molecule has 0 radical (unpaired) electrons. The highest BCUT2D eigenvalue weighted by molar-refractivity contribution is 7.86. The van der Waals surface area contributed by atoms with Gasteiger partial charge in [0.15, 0.2) is 0 Å². The highest BCUT2D eigenvalue weighted by Gasteiger charge is 2.16. The molecule has 3 rings (SSSR count). The van der Waals surface area contributed by atoms with Gasteiger partial charge in [0.1, 0.15) is 17.1 Å². The Morgan fingerprint density at radius 3 is 2.46 bits per heavy atom. The third-order valence-electron chi connectivity index (χ3n) is 4.03. The van der Waals surface area contributed by atoms with Crippen LogP contribution in [0.4, 0.5) is 5.69 Å². The molecule has 1 heterocycles. The predicted molar refractivity (Wildman–Crippen MR) is 103 cm³/mol. The zero-order valence-electron chi connectivity index (χ0n) is 15.0. The van der Waals surface area contributed by atoms with Crippen LogP contribution in [0, 0.1) is 10.1 Å². The Balaban J connectivity index is 1.84. The second kappa shape index (κ2) is 7.81. The third-order valence-corrected chi connectivity index (χ3v) is 5.17. The topological polar surface area (TPSA) is 117 Å². The van der Waals surface area contributed by atoms with Crippen molar-refractivity contribution in [1.82, 2.24) is 0 Å². The minimum absolute atomic E-state index is 0.0196. The van der Waals surface area contributed by atoms with Crippen molar-refractivity contribution in [3.63, 3.8) is 0 Å². The van der Waals surface area contributed by atoms with Crippen molar-refractivity contribution in [3.05, 3.63) is 80.2 Å². The van der Waals surface area contributed by atoms with Gasteiger partial charge in [-0.2, -0.15) is 8.42 Å². The minimum Gasteiger partial charge on any atom is -0.423 e. The second-order valence-electron chi connectivity index (χ2n) is 6.21. The molecule has 9 heteroatoms. The van der Waals surface area contributed by atoms with Crippen LogP contribution in [0.2, 0.25) is 0 Å². The number of fused-ring (bicyclic) bond motifs is 1. The van der Waals surface area contributed by atoms with Crippen LogP contribution in [0.25, 0.3) is 11.0 Å². The molecule has 0 saturated carbocycles. The lowest BCUT2D eigenvalue weighted by atomic mass is 10.1. The van der Waals surface area contributed by atoms with Crippen molar-refractivity contribution < 1.29 is 21.9 Å². The van der Waals surface area contributed by atoms with Gasteiger partial charge in [0, 0.05) is 29.7 Å². The summed E-state index contributed by atoms with van der Waals surface area (Å²) in [6.45, 7) is 1.99. The van der Waals surface area contributed by atoms with Gasteiger partial charge in [0.2, 0.25) is 0 Å². The molecule has 3 aromatic rings. The first kappa shape index (κ1) is 19.6. The van der Waals surface area contributed by atoms with Gasteiger partial charge in [0.05, 0.1) is 4.92 Å². The predicted octanol–water partition coefficient (Wildman–Crippen LogP) is 3.56. The Kier molecular flexibility index (Phi) is 5.46. The Morgan fingerprint density at radius 1 is 1.11 bits per heavy atom. The molecule has 0 amide bonds. The fraction of sp³-hybridized carbons (Fsp3) is 0.211. The van der Waals surface area contributed by atoms with E-state index in [9.17, 15) is 23.3 Å². The average Bonchev–Trinajstić information content (AvgIpc) is 2.61. The van der Waals surface area contributed by atoms with Crippen LogP contribution in [-0.4, -0.2) is 13.3 Å². The van der Waals surface area contributed by atoms with Crippen molar-refractivity contribution in [2.75, 3.05) is 0 Å². The summed E-state index contributed by atoms with van der Waals surface area (Å²) >= 11 is 0. The number of nitro groups is 1. The van der Waals surface area contributed by atoms with Crippen molar-refractivity contribution in [2.24, 2.45) is 0 Å². The maximum Gasteiger partial charge on any atom is 0.336 e. The molecule has 0 spiro atoms. The minimum atomic E-state index is -4.01. The summed E-state index contributed by atoms with van der Waals surface area (Å²) in [6, 6.07) is 11.1. The summed E-state index contributed by atoms with van der Waals surface area (Å²) in [7, 11) is -4.01. The second-order valence-corrected chi connectivity index (χ2v) is 7.78. The summed E-state index contributed by atoms with van der Waals surface area (Å²) in [5.41, 5.74) is 0.785. The molecule has 1 aromatic heterocycles. The molecule has 0 saturated heterocycles. The SMILES string of the molecule is CCCc1cc(=O)oc2cc(OS(=O)(=O)Cc3ccc([N+](=O)[O-])cc3)ccc12. The summed E-state index contributed by atoms with van der Waals surface area (Å²) in [6.07, 6.45) is 1.54. The van der Waals surface area contributed by atoms with Crippen LogP contribution in [0.3, 0.4) is 0 Å². The summed E-state index contributed by atoms with van der Waals surface area (Å²) in [5.74, 6) is -0.436. The number of benzene rings is 2. The van der Waals surface area contributed by atoms with E-state index in [4.69, 9.17) is 8.60 Å². The molecule has 0 N–H and O–H groups in total. The van der Waals surface area contributed by atoms with Crippen LogP contribution in [0.1, 0.15) is 24.5 Å². The zero-order chi connectivity index (χ0) is 20.3. The maximum atomic E-state index is 12.3. The van der Waals surface area contributed by atoms with Gasteiger partial charge in [-0.15, -0.1) is 0 Å². The number of hydrogen-bond donors (Lipinski definition) is 0. The van der Waals surface area contributed by atoms with E-state index < -0.39 is 26.4 Å². The highest BCUT2D eigenvalue weighted by Crippen LogP contribution is 2.25. The first-order chi connectivity index (χ1) is 13.3. The van der Waals surface area contributed by atoms with E-state index >= 15 is 0 Å². The lowest BCUT2D eigenvalue weighted by Gasteiger charge is -2.09. The monoisotopic (exact) mass is 403 g/mol. The van der Waals surface area contributed by atoms with E-state index in [-0.39, 0.29) is 17.0 Å². The Labute approximate surface area is 160 Å². The van der Waals surface area contributed by atoms with E-state index in [1.165, 1.54) is 42.5 Å². The summed E-state index contributed by atoms with van der Waals surface area (Å²) in [5, 5.41) is 11.4. The zero-order valence-corrected chi connectivity index (χ0v) is 15.8. The van der Waals surface area contributed by atoms with Crippen LogP contribution in [-0.2, 0) is 22.3 Å². The normalized spacial score (nSPS) is 11.5. The van der Waals surface area contributed by atoms with Crippen LogP contribution < -0.4 is 9.81 Å². The summed E-state index contributed by atoms with van der Waals surface area (Å²) < 4.78 is 34.9. The molecular weight excluding hydrogens is 386 g/mol. The van der Waals surface area contributed by atoms with Gasteiger partial charge < -0.3 is 8.60 Å². The number of non-ortho nitro benzene ring substituents is 1. The lowest BCUT2D eigenvalue weighted by Crippen LogP contribution is -2.12. The third kappa shape index (κ3) is 4.55. The molecule has 146 valence electrons. The fourth-order valence-corrected chi connectivity index (χ4v) is 3.89. The number of nitrogens with zero attached hydrogens (tertiary/aromatic N) is 1. The van der Waals surface area contributed by atoms with Crippen molar-refractivity contribution >= 4 is 26.8 Å². The van der Waals surface area contributed by atoms with Gasteiger partial charge in [-0.25, -0.2) is 4.79 Å². The van der Waals surface area contributed by atoms with Gasteiger partial charge in [-0.05, 0) is 29.7 Å². The van der Waals surface area contributed by atoms with Crippen LogP contribution in [0.15, 0.2) is 57.7 Å². The smallest absolute Gasteiger partial charge is 0.336 e. The van der Waals surface area contributed by atoms with E-state index in [1.807, 2.05) is 6.92 Å². The van der Waals surface area contributed by atoms with Gasteiger partial charge in [-0.1, -0.05) is 25.5 Å². The number of aryl methyl sites for hydroxylation is 1. The number of hydrogen-bond acceptors (Lipinski definition) is 7. The molecule has 0 unspecified atom stereocenters. The largest absolute Gasteiger partial charge is 0.423 e. The quantitative estimate of drug-likeness (QED) is 0.256. The molecule has 0 bridgehead atoms. The van der Waals surface area contributed by atoms with Crippen LogP contribution in [0.5, 0.6) is 5.75 Å². The fourth-order valence-electron chi connectivity index (χ4n) is 2.83. The van der Waals surface area contributed by atoms with E-state index in [0.29, 0.717) is 12.0 Å². The molecule has 0 aliphatic carbocycles. The van der Waals surface area contributed by atoms with E-state index in [0.717, 1.165) is 17.4 Å². The number of nitro benzene ring substituents is 1. The lowest BCUT2D eigenvalue weighted by molar-refractivity contribution is -0.384. The molecule has 28 heavy (non-hydrogen) atoms. The first-order valence-corrected chi connectivity index (χ1v) is 10.1. The Hall–Kier alpha value is -3.20. The molecular formula is C19H17NO7S. The van der Waals surface area contributed by atoms with E-state index in [2.05, 4.69) is 0 Å². The Bertz CT molecular complexity index is 1180. The molecule has 0 atom stereocenters. The van der Waals surface area contributed by atoms with Gasteiger partial charge >= 0.3 is 15.7 Å².